The van der Waals surface area contributed by atoms with Crippen molar-refractivity contribution in [2.45, 2.75) is 46.3 Å². The van der Waals surface area contributed by atoms with Gasteiger partial charge in [-0.05, 0) is 25.7 Å². The van der Waals surface area contributed by atoms with E-state index in [4.69, 9.17) is 5.73 Å². The zero-order valence-electron chi connectivity index (χ0n) is 10.6. The van der Waals surface area contributed by atoms with Crippen molar-refractivity contribution in [1.29, 1.82) is 0 Å². The van der Waals surface area contributed by atoms with Gasteiger partial charge in [0.25, 0.3) is 5.91 Å². The lowest BCUT2D eigenvalue weighted by molar-refractivity contribution is 0.0994. The third kappa shape index (κ3) is 3.81. The minimum absolute atomic E-state index is 0.214. The molecule has 6 heteroatoms. The second kappa shape index (κ2) is 5.77. The van der Waals surface area contributed by atoms with Gasteiger partial charge in [0, 0.05) is 0 Å². The highest BCUT2D eigenvalue weighted by atomic mass is 16.3. The van der Waals surface area contributed by atoms with Crippen LogP contribution in [0.2, 0.25) is 0 Å². The standard InChI is InChI=1S/C11H20N4O2/c1-7(2)4-5-9-10(11(12)17)13-14-15(9)6-8(3)16/h7-8,16H,4-6H2,1-3H3,(H2,12,17). The second-order valence-corrected chi connectivity index (χ2v) is 4.71. The Morgan fingerprint density at radius 2 is 2.12 bits per heavy atom. The number of hydrogen-bond donors (Lipinski definition) is 2. The van der Waals surface area contributed by atoms with Crippen molar-refractivity contribution < 1.29 is 9.90 Å². The number of primary amides is 1. The molecule has 1 heterocycles. The molecular weight excluding hydrogens is 220 g/mol. The highest BCUT2D eigenvalue weighted by molar-refractivity contribution is 5.91. The average molecular weight is 240 g/mol. The van der Waals surface area contributed by atoms with Crippen LogP contribution in [0.3, 0.4) is 0 Å². The smallest absolute Gasteiger partial charge is 0.271 e. The molecule has 0 aliphatic carbocycles. The van der Waals surface area contributed by atoms with E-state index in [0.717, 1.165) is 6.42 Å². The molecule has 0 radical (unpaired) electrons. The lowest BCUT2D eigenvalue weighted by Gasteiger charge is -2.10. The van der Waals surface area contributed by atoms with E-state index in [1.165, 1.54) is 0 Å². The minimum Gasteiger partial charge on any atom is -0.391 e. The zero-order chi connectivity index (χ0) is 13.0. The summed E-state index contributed by atoms with van der Waals surface area (Å²) < 4.78 is 1.56. The predicted molar refractivity (Wildman–Crippen MR) is 63.4 cm³/mol. The molecule has 0 aromatic carbocycles. The fourth-order valence-electron chi connectivity index (χ4n) is 1.59. The molecule has 0 spiro atoms. The van der Waals surface area contributed by atoms with E-state index in [-0.39, 0.29) is 5.69 Å². The molecule has 96 valence electrons. The Labute approximate surface area is 101 Å². The van der Waals surface area contributed by atoms with Gasteiger partial charge in [-0.3, -0.25) is 4.79 Å². The van der Waals surface area contributed by atoms with Crippen LogP contribution in [0.25, 0.3) is 0 Å². The molecule has 3 N–H and O–H groups in total. The molecule has 0 aliphatic heterocycles. The van der Waals surface area contributed by atoms with Gasteiger partial charge in [-0.2, -0.15) is 0 Å². The molecule has 1 aromatic rings. The van der Waals surface area contributed by atoms with Gasteiger partial charge >= 0.3 is 0 Å². The SMILES string of the molecule is CC(C)CCc1c(C(N)=O)nnn1CC(C)O. The number of aliphatic hydroxyl groups is 1. The first-order chi connectivity index (χ1) is 7.91. The third-order valence-corrected chi connectivity index (χ3v) is 2.47. The van der Waals surface area contributed by atoms with Gasteiger partial charge in [0.05, 0.1) is 18.3 Å². The van der Waals surface area contributed by atoms with Crippen LogP contribution in [0.4, 0.5) is 0 Å². The molecule has 1 amide bonds. The summed E-state index contributed by atoms with van der Waals surface area (Å²) in [6, 6.07) is 0. The summed E-state index contributed by atoms with van der Waals surface area (Å²) in [4.78, 5) is 11.2. The summed E-state index contributed by atoms with van der Waals surface area (Å²) in [5.74, 6) is -0.0498. The first-order valence-corrected chi connectivity index (χ1v) is 5.82. The van der Waals surface area contributed by atoms with Crippen molar-refractivity contribution in [3.05, 3.63) is 11.4 Å². The van der Waals surface area contributed by atoms with Crippen molar-refractivity contribution in [2.24, 2.45) is 11.7 Å². The first-order valence-electron chi connectivity index (χ1n) is 5.82. The highest BCUT2D eigenvalue weighted by Crippen LogP contribution is 2.12. The van der Waals surface area contributed by atoms with Gasteiger partial charge in [-0.1, -0.05) is 19.1 Å². The maximum absolute atomic E-state index is 11.2. The zero-order valence-corrected chi connectivity index (χ0v) is 10.6. The quantitative estimate of drug-likeness (QED) is 0.750. The van der Waals surface area contributed by atoms with E-state index < -0.39 is 12.0 Å². The summed E-state index contributed by atoms with van der Waals surface area (Å²) in [5.41, 5.74) is 6.18. The monoisotopic (exact) mass is 240 g/mol. The van der Waals surface area contributed by atoms with Crippen molar-refractivity contribution in [3.8, 4) is 0 Å². The number of rotatable bonds is 6. The number of hydrogen-bond acceptors (Lipinski definition) is 4. The molecule has 1 unspecified atom stereocenters. The van der Waals surface area contributed by atoms with Crippen LogP contribution in [0.5, 0.6) is 0 Å². The van der Waals surface area contributed by atoms with Crippen LogP contribution in [0.15, 0.2) is 0 Å². The van der Waals surface area contributed by atoms with Gasteiger partial charge in [0.1, 0.15) is 0 Å². The van der Waals surface area contributed by atoms with Gasteiger partial charge in [0.2, 0.25) is 0 Å². The normalized spacial score (nSPS) is 13.0. The predicted octanol–water partition coefficient (Wildman–Crippen LogP) is 0.346. The Bertz CT molecular complexity index is 385. The maximum atomic E-state index is 11.2. The van der Waals surface area contributed by atoms with Crippen LogP contribution in [0, 0.1) is 5.92 Å². The van der Waals surface area contributed by atoms with Gasteiger partial charge < -0.3 is 10.8 Å². The fourth-order valence-corrected chi connectivity index (χ4v) is 1.59. The Hall–Kier alpha value is -1.43. The summed E-state index contributed by atoms with van der Waals surface area (Å²) in [6.45, 7) is 6.20. The molecule has 0 saturated carbocycles. The molecule has 0 aliphatic rings. The Morgan fingerprint density at radius 1 is 1.47 bits per heavy atom. The Kier molecular flexibility index (Phi) is 4.62. The van der Waals surface area contributed by atoms with Crippen LogP contribution in [-0.4, -0.2) is 32.1 Å². The third-order valence-electron chi connectivity index (χ3n) is 2.47. The van der Waals surface area contributed by atoms with Crippen LogP contribution >= 0.6 is 0 Å². The molecule has 17 heavy (non-hydrogen) atoms. The summed E-state index contributed by atoms with van der Waals surface area (Å²) in [6.07, 6.45) is 1.08. The number of nitrogens with zero attached hydrogens (tertiary/aromatic N) is 3. The van der Waals surface area contributed by atoms with Crippen molar-refractivity contribution >= 4 is 5.91 Å². The van der Waals surface area contributed by atoms with Gasteiger partial charge in [-0.25, -0.2) is 4.68 Å². The van der Waals surface area contributed by atoms with Crippen LogP contribution in [-0.2, 0) is 13.0 Å². The molecule has 0 fully saturated rings. The van der Waals surface area contributed by atoms with Gasteiger partial charge in [-0.15, -0.1) is 5.10 Å². The van der Waals surface area contributed by atoms with Crippen molar-refractivity contribution in [1.82, 2.24) is 15.0 Å². The summed E-state index contributed by atoms with van der Waals surface area (Å²) >= 11 is 0. The van der Waals surface area contributed by atoms with E-state index in [1.54, 1.807) is 11.6 Å². The Morgan fingerprint density at radius 3 is 2.59 bits per heavy atom. The fraction of sp³-hybridized carbons (Fsp3) is 0.727. The number of nitrogens with two attached hydrogens (primary N) is 1. The van der Waals surface area contributed by atoms with E-state index >= 15 is 0 Å². The number of aromatic nitrogens is 3. The average Bonchev–Trinajstić information content (AvgIpc) is 2.57. The number of aliphatic hydroxyl groups excluding tert-OH is 1. The largest absolute Gasteiger partial charge is 0.391 e. The molecule has 0 bridgehead atoms. The molecule has 1 atom stereocenters. The number of amides is 1. The molecular formula is C11H20N4O2. The first kappa shape index (κ1) is 13.6. The Balaban J connectivity index is 2.93. The molecule has 6 nitrogen and oxygen atoms in total. The molecule has 1 rings (SSSR count). The van der Waals surface area contributed by atoms with E-state index in [2.05, 4.69) is 24.2 Å². The second-order valence-electron chi connectivity index (χ2n) is 4.71. The summed E-state index contributed by atoms with van der Waals surface area (Å²) in [5, 5.41) is 17.0. The van der Waals surface area contributed by atoms with E-state index in [1.807, 2.05) is 0 Å². The van der Waals surface area contributed by atoms with Crippen molar-refractivity contribution in [3.63, 3.8) is 0 Å². The van der Waals surface area contributed by atoms with E-state index in [9.17, 15) is 9.90 Å². The summed E-state index contributed by atoms with van der Waals surface area (Å²) in [7, 11) is 0. The van der Waals surface area contributed by atoms with E-state index in [0.29, 0.717) is 24.6 Å². The van der Waals surface area contributed by atoms with Gasteiger partial charge in [0.15, 0.2) is 5.69 Å². The molecule has 0 saturated heterocycles. The van der Waals surface area contributed by atoms with Crippen molar-refractivity contribution in [2.75, 3.05) is 0 Å². The lowest BCUT2D eigenvalue weighted by Crippen LogP contribution is -2.19. The topological polar surface area (TPSA) is 94.0 Å². The maximum Gasteiger partial charge on any atom is 0.271 e. The highest BCUT2D eigenvalue weighted by Gasteiger charge is 2.18. The number of carbonyl (C=O) groups is 1. The lowest BCUT2D eigenvalue weighted by atomic mass is 10.1. The number of carbonyl (C=O) groups excluding carboxylic acids is 1. The van der Waals surface area contributed by atoms with Crippen LogP contribution < -0.4 is 5.73 Å². The van der Waals surface area contributed by atoms with Crippen LogP contribution in [0.1, 0.15) is 43.4 Å². The minimum atomic E-state index is -0.569. The molecule has 1 aromatic heterocycles.